The van der Waals surface area contributed by atoms with Crippen LogP contribution in [0.25, 0.3) is 0 Å². The minimum atomic E-state index is -0.608. The Kier molecular flexibility index (Phi) is 5.22. The van der Waals surface area contributed by atoms with Crippen molar-refractivity contribution in [3.63, 3.8) is 0 Å². The van der Waals surface area contributed by atoms with E-state index >= 15 is 0 Å². The summed E-state index contributed by atoms with van der Waals surface area (Å²) in [5, 5.41) is 3.18. The molecule has 1 aromatic heterocycles. The maximum atomic E-state index is 13.6. The molecule has 0 saturated heterocycles. The van der Waals surface area contributed by atoms with Gasteiger partial charge in [0.15, 0.2) is 0 Å². The highest BCUT2D eigenvalue weighted by Crippen LogP contribution is 2.19. The highest BCUT2D eigenvalue weighted by molar-refractivity contribution is 5.30. The highest BCUT2D eigenvalue weighted by Gasteiger charge is 2.08. The van der Waals surface area contributed by atoms with Crippen LogP contribution in [0.4, 0.5) is 8.78 Å². The van der Waals surface area contributed by atoms with Gasteiger partial charge in [-0.1, -0.05) is 6.92 Å². The summed E-state index contributed by atoms with van der Waals surface area (Å²) in [6.45, 7) is 5.35. The van der Waals surface area contributed by atoms with Gasteiger partial charge in [-0.05, 0) is 37.7 Å². The molecule has 1 heterocycles. The van der Waals surface area contributed by atoms with E-state index in [-0.39, 0.29) is 6.61 Å². The molecule has 112 valence electrons. The van der Waals surface area contributed by atoms with Crippen LogP contribution in [0.3, 0.4) is 0 Å². The second-order valence-electron chi connectivity index (χ2n) is 4.70. The summed E-state index contributed by atoms with van der Waals surface area (Å²) in [6.07, 6.45) is 0. The van der Waals surface area contributed by atoms with E-state index < -0.39 is 11.6 Å². The molecule has 3 nitrogen and oxygen atoms in total. The van der Waals surface area contributed by atoms with Crippen LogP contribution in [0, 0.1) is 18.6 Å². The maximum absolute atomic E-state index is 13.6. The molecule has 0 bridgehead atoms. The monoisotopic (exact) mass is 292 g/mol. The van der Waals surface area contributed by atoms with Crippen molar-refractivity contribution in [1.29, 1.82) is 0 Å². The fourth-order valence-corrected chi connectivity index (χ4v) is 1.89. The van der Waals surface area contributed by atoms with Crippen LogP contribution in [0.2, 0.25) is 0 Å². The van der Waals surface area contributed by atoms with Crippen molar-refractivity contribution < 1.29 is 13.5 Å². The van der Waals surface area contributed by atoms with Crippen LogP contribution in [-0.4, -0.2) is 11.5 Å². The molecule has 0 aliphatic rings. The Balaban J connectivity index is 2.11. The molecule has 0 radical (unpaired) electrons. The molecule has 0 atom stereocenters. The van der Waals surface area contributed by atoms with E-state index in [4.69, 9.17) is 4.74 Å². The first-order chi connectivity index (χ1) is 10.1. The third kappa shape index (κ3) is 4.23. The summed E-state index contributed by atoms with van der Waals surface area (Å²) >= 11 is 0. The number of halogens is 2. The van der Waals surface area contributed by atoms with Crippen molar-refractivity contribution >= 4 is 0 Å². The molecule has 0 saturated carbocycles. The summed E-state index contributed by atoms with van der Waals surface area (Å²) in [5.41, 5.74) is 1.98. The Hall–Kier alpha value is -2.01. The molecule has 0 aliphatic carbocycles. The van der Waals surface area contributed by atoms with Crippen molar-refractivity contribution in [1.82, 2.24) is 10.3 Å². The second-order valence-corrected chi connectivity index (χ2v) is 4.70. The van der Waals surface area contributed by atoms with Gasteiger partial charge in [-0.3, -0.25) is 4.98 Å². The highest BCUT2D eigenvalue weighted by atomic mass is 19.1. The normalized spacial score (nSPS) is 10.7. The van der Waals surface area contributed by atoms with Crippen molar-refractivity contribution in [2.75, 3.05) is 6.54 Å². The predicted octanol–water partition coefficient (Wildman–Crippen LogP) is 3.36. The summed E-state index contributed by atoms with van der Waals surface area (Å²) in [6, 6.07) is 7.11. The third-order valence-corrected chi connectivity index (χ3v) is 3.01. The van der Waals surface area contributed by atoms with Crippen LogP contribution in [-0.2, 0) is 13.2 Å². The number of rotatable bonds is 6. The summed E-state index contributed by atoms with van der Waals surface area (Å²) < 4.78 is 32.1. The first-order valence-corrected chi connectivity index (χ1v) is 6.84. The van der Waals surface area contributed by atoms with E-state index in [0.717, 1.165) is 24.0 Å². The van der Waals surface area contributed by atoms with Crippen LogP contribution in [0.15, 0.2) is 30.3 Å². The second kappa shape index (κ2) is 7.13. The van der Waals surface area contributed by atoms with E-state index in [1.807, 2.05) is 26.0 Å². The number of nitrogens with one attached hydrogen (secondary N) is 1. The van der Waals surface area contributed by atoms with Gasteiger partial charge in [-0.15, -0.1) is 0 Å². The van der Waals surface area contributed by atoms with Crippen LogP contribution >= 0.6 is 0 Å². The predicted molar refractivity (Wildman–Crippen MR) is 77.0 cm³/mol. The molecule has 1 aromatic carbocycles. The summed E-state index contributed by atoms with van der Waals surface area (Å²) in [7, 11) is 0. The van der Waals surface area contributed by atoms with Crippen LogP contribution < -0.4 is 10.1 Å². The molecule has 5 heteroatoms. The van der Waals surface area contributed by atoms with E-state index in [2.05, 4.69) is 10.3 Å². The van der Waals surface area contributed by atoms with Crippen molar-refractivity contribution in [2.24, 2.45) is 0 Å². The number of pyridine rings is 1. The number of aryl methyl sites for hydroxylation is 1. The zero-order valence-electron chi connectivity index (χ0n) is 12.1. The Labute approximate surface area is 123 Å². The molecular weight excluding hydrogens is 274 g/mol. The summed E-state index contributed by atoms with van der Waals surface area (Å²) in [5.74, 6) is -0.602. The SMILES string of the molecule is CCNCc1nc(C)ccc1OCc1ccc(F)cc1F. The molecule has 0 unspecified atom stereocenters. The molecule has 21 heavy (non-hydrogen) atoms. The van der Waals surface area contributed by atoms with Gasteiger partial charge in [-0.25, -0.2) is 8.78 Å². The van der Waals surface area contributed by atoms with Crippen molar-refractivity contribution in [3.05, 3.63) is 58.9 Å². The van der Waals surface area contributed by atoms with Gasteiger partial charge in [-0.2, -0.15) is 0 Å². The molecule has 0 amide bonds. The van der Waals surface area contributed by atoms with E-state index in [9.17, 15) is 8.78 Å². The van der Waals surface area contributed by atoms with Crippen molar-refractivity contribution in [3.8, 4) is 5.75 Å². The van der Waals surface area contributed by atoms with Crippen LogP contribution in [0.1, 0.15) is 23.9 Å². The van der Waals surface area contributed by atoms with Gasteiger partial charge >= 0.3 is 0 Å². The minimum Gasteiger partial charge on any atom is -0.487 e. The van der Waals surface area contributed by atoms with Gasteiger partial charge in [0.1, 0.15) is 24.0 Å². The average Bonchev–Trinajstić information content (AvgIpc) is 2.45. The zero-order valence-corrected chi connectivity index (χ0v) is 12.1. The average molecular weight is 292 g/mol. The molecule has 2 rings (SSSR count). The number of aromatic nitrogens is 1. The van der Waals surface area contributed by atoms with Gasteiger partial charge in [0.05, 0.1) is 5.69 Å². The first kappa shape index (κ1) is 15.4. The Morgan fingerprint density at radius 1 is 1.19 bits per heavy atom. The number of benzene rings is 1. The van der Waals surface area contributed by atoms with Gasteiger partial charge in [0.2, 0.25) is 0 Å². The lowest BCUT2D eigenvalue weighted by Crippen LogP contribution is -2.14. The molecule has 0 fully saturated rings. The minimum absolute atomic E-state index is 0.0377. The lowest BCUT2D eigenvalue weighted by molar-refractivity contribution is 0.293. The van der Waals surface area contributed by atoms with Crippen LogP contribution in [0.5, 0.6) is 5.75 Å². The fourth-order valence-electron chi connectivity index (χ4n) is 1.89. The first-order valence-electron chi connectivity index (χ1n) is 6.84. The molecule has 2 aromatic rings. The molecular formula is C16H18F2N2O. The smallest absolute Gasteiger partial charge is 0.142 e. The van der Waals surface area contributed by atoms with E-state index in [0.29, 0.717) is 17.9 Å². The Bertz CT molecular complexity index is 617. The number of ether oxygens (including phenoxy) is 1. The topological polar surface area (TPSA) is 34.2 Å². The standard InChI is InChI=1S/C16H18F2N2O/c1-3-19-9-15-16(7-4-11(2)20-15)21-10-12-5-6-13(17)8-14(12)18/h4-8,19H,3,9-10H2,1-2H3. The Morgan fingerprint density at radius 3 is 2.71 bits per heavy atom. The largest absolute Gasteiger partial charge is 0.487 e. The lowest BCUT2D eigenvalue weighted by atomic mass is 10.2. The van der Waals surface area contributed by atoms with E-state index in [1.54, 1.807) is 0 Å². The zero-order chi connectivity index (χ0) is 15.2. The third-order valence-electron chi connectivity index (χ3n) is 3.01. The molecule has 0 aliphatic heterocycles. The number of hydrogen-bond donors (Lipinski definition) is 1. The number of nitrogens with zero attached hydrogens (tertiary/aromatic N) is 1. The summed E-state index contributed by atoms with van der Waals surface area (Å²) in [4.78, 5) is 4.42. The number of hydrogen-bond acceptors (Lipinski definition) is 3. The quantitative estimate of drug-likeness (QED) is 0.886. The van der Waals surface area contributed by atoms with Gasteiger partial charge in [0.25, 0.3) is 0 Å². The molecule has 0 spiro atoms. The lowest BCUT2D eigenvalue weighted by Gasteiger charge is -2.12. The molecule has 1 N–H and O–H groups in total. The van der Waals surface area contributed by atoms with Crippen molar-refractivity contribution in [2.45, 2.75) is 27.0 Å². The van der Waals surface area contributed by atoms with E-state index in [1.165, 1.54) is 12.1 Å². The fraction of sp³-hybridized carbons (Fsp3) is 0.312. The maximum Gasteiger partial charge on any atom is 0.142 e. The van der Waals surface area contributed by atoms with Gasteiger partial charge in [0, 0.05) is 23.9 Å². The Morgan fingerprint density at radius 2 is 2.00 bits per heavy atom. The van der Waals surface area contributed by atoms with Gasteiger partial charge < -0.3 is 10.1 Å².